The number of rotatable bonds is 2. The molecule has 0 aliphatic heterocycles. The van der Waals surface area contributed by atoms with Gasteiger partial charge in [0.25, 0.3) is 0 Å². The van der Waals surface area contributed by atoms with Gasteiger partial charge < -0.3 is 0 Å². The summed E-state index contributed by atoms with van der Waals surface area (Å²) >= 11 is 0. The molecule has 0 aliphatic rings. The van der Waals surface area contributed by atoms with Crippen molar-refractivity contribution in [2.75, 3.05) is 0 Å². The van der Waals surface area contributed by atoms with E-state index in [4.69, 9.17) is 0 Å². The summed E-state index contributed by atoms with van der Waals surface area (Å²) in [6.07, 6.45) is 4.65. The molecule has 0 fully saturated rings. The molecule has 0 unspecified atom stereocenters. The molecule has 0 aromatic rings. The first-order valence-corrected chi connectivity index (χ1v) is 2.30. The standard InChI is InChI=1S/C7H8O/c1-7(2)5-3-4-6-8/h3-5H,1H2,2H3. The monoisotopic (exact) mass is 108 g/mol. The second-order valence-corrected chi connectivity index (χ2v) is 1.49. The van der Waals surface area contributed by atoms with Gasteiger partial charge in [0.15, 0.2) is 0 Å². The van der Waals surface area contributed by atoms with Crippen molar-refractivity contribution in [3.05, 3.63) is 30.4 Å². The zero-order valence-corrected chi connectivity index (χ0v) is 4.85. The summed E-state index contributed by atoms with van der Waals surface area (Å²) in [5.41, 5.74) is 0.927. The average molecular weight is 108 g/mol. The van der Waals surface area contributed by atoms with Gasteiger partial charge in [0.05, 0.1) is 0 Å². The molecule has 0 spiro atoms. The van der Waals surface area contributed by atoms with E-state index >= 15 is 0 Å². The Morgan fingerprint density at radius 2 is 2.38 bits per heavy atom. The predicted molar refractivity (Wildman–Crippen MR) is 34.2 cm³/mol. The molecule has 0 atom stereocenters. The molecule has 0 heterocycles. The number of allylic oxidation sites excluding steroid dienone is 4. The molecular weight excluding hydrogens is 100 g/mol. The van der Waals surface area contributed by atoms with Crippen molar-refractivity contribution in [2.45, 2.75) is 6.92 Å². The molecule has 0 N–H and O–H groups in total. The molecule has 0 aromatic heterocycles. The predicted octanol–water partition coefficient (Wildman–Crippen LogP) is 1.51. The van der Waals surface area contributed by atoms with Crippen molar-refractivity contribution in [1.82, 2.24) is 0 Å². The SMILES string of the molecule is C=C(C)C=CC=C=O. The lowest BCUT2D eigenvalue weighted by Crippen LogP contribution is -1.57. The minimum absolute atomic E-state index is 0.927. The van der Waals surface area contributed by atoms with E-state index in [2.05, 4.69) is 6.58 Å². The van der Waals surface area contributed by atoms with Crippen molar-refractivity contribution >= 4 is 5.94 Å². The summed E-state index contributed by atoms with van der Waals surface area (Å²) in [6.45, 7) is 5.45. The molecule has 8 heavy (non-hydrogen) atoms. The van der Waals surface area contributed by atoms with E-state index in [1.807, 2.05) is 6.92 Å². The second-order valence-electron chi connectivity index (χ2n) is 1.49. The lowest BCUT2D eigenvalue weighted by atomic mass is 10.3. The molecule has 0 bridgehead atoms. The molecule has 0 saturated carbocycles. The maximum Gasteiger partial charge on any atom is 0.124 e. The van der Waals surface area contributed by atoms with Crippen LogP contribution in [-0.4, -0.2) is 5.94 Å². The van der Waals surface area contributed by atoms with Crippen LogP contribution in [0.15, 0.2) is 30.4 Å². The van der Waals surface area contributed by atoms with Gasteiger partial charge in [-0.3, -0.25) is 0 Å². The first kappa shape index (κ1) is 6.93. The van der Waals surface area contributed by atoms with Crippen molar-refractivity contribution in [2.24, 2.45) is 0 Å². The van der Waals surface area contributed by atoms with Crippen molar-refractivity contribution < 1.29 is 4.79 Å². The van der Waals surface area contributed by atoms with Crippen LogP contribution in [0.2, 0.25) is 0 Å². The van der Waals surface area contributed by atoms with Gasteiger partial charge in [-0.25, -0.2) is 4.79 Å². The molecular formula is C7H8O. The van der Waals surface area contributed by atoms with Crippen LogP contribution in [0, 0.1) is 0 Å². The highest BCUT2D eigenvalue weighted by molar-refractivity contribution is 5.49. The van der Waals surface area contributed by atoms with Crippen LogP contribution in [0.4, 0.5) is 0 Å². The maximum atomic E-state index is 9.52. The zero-order valence-electron chi connectivity index (χ0n) is 4.85. The average Bonchev–Trinajstić information content (AvgIpc) is 1.66. The normalized spacial score (nSPS) is 8.62. The first-order valence-electron chi connectivity index (χ1n) is 2.30. The number of hydrogen-bond acceptors (Lipinski definition) is 1. The van der Waals surface area contributed by atoms with Crippen LogP contribution in [-0.2, 0) is 4.79 Å². The number of carbonyl (C=O) groups excluding carboxylic acids is 1. The molecule has 0 aromatic carbocycles. The van der Waals surface area contributed by atoms with Gasteiger partial charge in [-0.1, -0.05) is 24.3 Å². The molecule has 0 saturated heterocycles. The quantitative estimate of drug-likeness (QED) is 0.387. The fourth-order valence-electron chi connectivity index (χ4n) is 0.252. The van der Waals surface area contributed by atoms with Crippen molar-refractivity contribution in [3.8, 4) is 0 Å². The van der Waals surface area contributed by atoms with E-state index in [1.54, 1.807) is 18.1 Å². The van der Waals surface area contributed by atoms with Gasteiger partial charge in [-0.05, 0) is 6.92 Å². The molecule has 0 radical (unpaired) electrons. The second kappa shape index (κ2) is 4.10. The van der Waals surface area contributed by atoms with Crippen LogP contribution in [0.3, 0.4) is 0 Å². The Kier molecular flexibility index (Phi) is 3.55. The minimum Gasteiger partial charge on any atom is -0.234 e. The van der Waals surface area contributed by atoms with Gasteiger partial charge in [0.2, 0.25) is 0 Å². The maximum absolute atomic E-state index is 9.52. The Morgan fingerprint density at radius 3 is 2.75 bits per heavy atom. The molecule has 42 valence electrons. The van der Waals surface area contributed by atoms with Crippen LogP contribution >= 0.6 is 0 Å². The summed E-state index contributed by atoms with van der Waals surface area (Å²) in [7, 11) is 0. The van der Waals surface area contributed by atoms with Gasteiger partial charge in [0, 0.05) is 6.08 Å². The third-order valence-electron chi connectivity index (χ3n) is 0.545. The topological polar surface area (TPSA) is 17.1 Å². The van der Waals surface area contributed by atoms with Crippen LogP contribution < -0.4 is 0 Å². The van der Waals surface area contributed by atoms with E-state index in [-0.39, 0.29) is 0 Å². The fraction of sp³-hybridized carbons (Fsp3) is 0.143. The minimum atomic E-state index is 0.927. The zero-order chi connectivity index (χ0) is 6.41. The van der Waals surface area contributed by atoms with E-state index in [0.717, 1.165) is 5.57 Å². The molecule has 0 aliphatic carbocycles. The van der Waals surface area contributed by atoms with Crippen LogP contribution in [0.5, 0.6) is 0 Å². The Morgan fingerprint density at radius 1 is 1.75 bits per heavy atom. The smallest absolute Gasteiger partial charge is 0.124 e. The molecule has 1 nitrogen and oxygen atoms in total. The fourth-order valence-corrected chi connectivity index (χ4v) is 0.252. The third-order valence-corrected chi connectivity index (χ3v) is 0.545. The highest BCUT2D eigenvalue weighted by Crippen LogP contribution is 1.86. The summed E-state index contributed by atoms with van der Waals surface area (Å²) < 4.78 is 0. The summed E-state index contributed by atoms with van der Waals surface area (Å²) in [6, 6.07) is 0. The Labute approximate surface area is 49.0 Å². The van der Waals surface area contributed by atoms with Crippen LogP contribution in [0.1, 0.15) is 6.92 Å². The van der Waals surface area contributed by atoms with Gasteiger partial charge in [0.1, 0.15) is 5.94 Å². The summed E-state index contributed by atoms with van der Waals surface area (Å²) in [4.78, 5) is 9.52. The van der Waals surface area contributed by atoms with Gasteiger partial charge in [-0.15, -0.1) is 0 Å². The highest BCUT2D eigenvalue weighted by Gasteiger charge is 1.67. The summed E-state index contributed by atoms with van der Waals surface area (Å²) in [5.74, 6) is 1.62. The Bertz CT molecular complexity index is 144. The van der Waals surface area contributed by atoms with Crippen molar-refractivity contribution in [3.63, 3.8) is 0 Å². The summed E-state index contributed by atoms with van der Waals surface area (Å²) in [5, 5.41) is 0. The van der Waals surface area contributed by atoms with Gasteiger partial charge in [-0.2, -0.15) is 0 Å². The van der Waals surface area contributed by atoms with Gasteiger partial charge >= 0.3 is 0 Å². The lowest BCUT2D eigenvalue weighted by Gasteiger charge is -1.76. The van der Waals surface area contributed by atoms with Crippen LogP contribution in [0.25, 0.3) is 0 Å². The first-order chi connectivity index (χ1) is 3.77. The Hall–Kier alpha value is -1.07. The Balaban J connectivity index is 3.67. The van der Waals surface area contributed by atoms with E-state index in [1.165, 1.54) is 6.08 Å². The van der Waals surface area contributed by atoms with Crippen molar-refractivity contribution in [1.29, 1.82) is 0 Å². The number of hydrogen-bond donors (Lipinski definition) is 0. The lowest BCUT2D eigenvalue weighted by molar-refractivity contribution is 0.569. The molecule has 1 heteroatoms. The molecule has 0 amide bonds. The third kappa shape index (κ3) is 4.93. The highest BCUT2D eigenvalue weighted by atomic mass is 16.1. The largest absolute Gasteiger partial charge is 0.234 e. The molecule has 0 rings (SSSR count). The van der Waals surface area contributed by atoms with E-state index in [0.29, 0.717) is 0 Å². The van der Waals surface area contributed by atoms with E-state index in [9.17, 15) is 4.79 Å². The van der Waals surface area contributed by atoms with E-state index < -0.39 is 0 Å².